The molecule has 2 aromatic rings. The number of rotatable bonds is 9. The maximum absolute atomic E-state index is 12.8. The van der Waals surface area contributed by atoms with E-state index in [1.54, 1.807) is 17.0 Å². The molecule has 1 saturated heterocycles. The monoisotopic (exact) mass is 482 g/mol. The first-order valence-electron chi connectivity index (χ1n) is 10.1. The molecule has 1 aliphatic rings. The number of carbonyl (C=O) groups is 1. The van der Waals surface area contributed by atoms with Crippen molar-refractivity contribution in [1.82, 2.24) is 18.9 Å². The SMILES string of the molecule is CCOc1ccc(S(=O)(=O)N2CCN(C(=O)CCNS(=O)(=O)c3cccnc3)CC2)cc1. The molecule has 12 heteroatoms. The molecule has 32 heavy (non-hydrogen) atoms. The first-order valence-corrected chi connectivity index (χ1v) is 13.1. The van der Waals surface area contributed by atoms with Crippen LogP contribution in [0, 0.1) is 0 Å². The van der Waals surface area contributed by atoms with E-state index in [2.05, 4.69) is 9.71 Å². The maximum atomic E-state index is 12.8. The lowest BCUT2D eigenvalue weighted by atomic mass is 10.3. The van der Waals surface area contributed by atoms with Crippen molar-refractivity contribution in [2.45, 2.75) is 23.1 Å². The summed E-state index contributed by atoms with van der Waals surface area (Å²) in [5.41, 5.74) is 0. The topological polar surface area (TPSA) is 126 Å². The number of hydrogen-bond donors (Lipinski definition) is 1. The molecular weight excluding hydrogens is 456 g/mol. The minimum absolute atomic E-state index is 0.0227. The number of benzene rings is 1. The van der Waals surface area contributed by atoms with Crippen LogP contribution >= 0.6 is 0 Å². The average Bonchev–Trinajstić information content (AvgIpc) is 2.80. The summed E-state index contributed by atoms with van der Waals surface area (Å²) in [7, 11) is -7.40. The Bertz CT molecular complexity index is 1110. The quantitative estimate of drug-likeness (QED) is 0.557. The van der Waals surface area contributed by atoms with Gasteiger partial charge >= 0.3 is 0 Å². The zero-order chi connectivity index (χ0) is 23.2. The van der Waals surface area contributed by atoms with Gasteiger partial charge in [0.15, 0.2) is 0 Å². The normalized spacial score (nSPS) is 15.5. The van der Waals surface area contributed by atoms with Crippen LogP contribution in [0.5, 0.6) is 5.75 Å². The molecule has 0 bridgehead atoms. The van der Waals surface area contributed by atoms with Gasteiger partial charge in [0.25, 0.3) is 0 Å². The van der Waals surface area contributed by atoms with Gasteiger partial charge in [0, 0.05) is 51.5 Å². The molecule has 1 fully saturated rings. The molecule has 0 radical (unpaired) electrons. The maximum Gasteiger partial charge on any atom is 0.243 e. The fourth-order valence-electron chi connectivity index (χ4n) is 3.24. The summed E-state index contributed by atoms with van der Waals surface area (Å²) >= 11 is 0. The van der Waals surface area contributed by atoms with Gasteiger partial charge in [0.05, 0.1) is 11.5 Å². The average molecular weight is 483 g/mol. The second-order valence-corrected chi connectivity index (χ2v) is 10.7. The molecule has 1 N–H and O–H groups in total. The van der Waals surface area contributed by atoms with Gasteiger partial charge in [-0.1, -0.05) is 0 Å². The van der Waals surface area contributed by atoms with Crippen molar-refractivity contribution in [2.24, 2.45) is 0 Å². The Morgan fingerprint density at radius 2 is 1.72 bits per heavy atom. The van der Waals surface area contributed by atoms with Gasteiger partial charge < -0.3 is 9.64 Å². The lowest BCUT2D eigenvalue weighted by Gasteiger charge is -2.34. The molecule has 10 nitrogen and oxygen atoms in total. The van der Waals surface area contributed by atoms with Crippen LogP contribution in [0.2, 0.25) is 0 Å². The van der Waals surface area contributed by atoms with Crippen LogP contribution in [0.3, 0.4) is 0 Å². The van der Waals surface area contributed by atoms with Crippen molar-refractivity contribution < 1.29 is 26.4 Å². The molecule has 1 amide bonds. The minimum atomic E-state index is -3.73. The van der Waals surface area contributed by atoms with Gasteiger partial charge in [0.1, 0.15) is 10.6 Å². The highest BCUT2D eigenvalue weighted by atomic mass is 32.2. The summed E-state index contributed by atoms with van der Waals surface area (Å²) in [4.78, 5) is 18.0. The second kappa shape index (κ2) is 10.4. The molecule has 0 spiro atoms. The number of sulfonamides is 2. The Kier molecular flexibility index (Phi) is 7.82. The molecule has 2 heterocycles. The number of pyridine rings is 1. The van der Waals surface area contributed by atoms with E-state index < -0.39 is 20.0 Å². The summed E-state index contributed by atoms with van der Waals surface area (Å²) in [5, 5.41) is 0. The Hall–Kier alpha value is -2.54. The summed E-state index contributed by atoms with van der Waals surface area (Å²) in [6.07, 6.45) is 2.68. The molecule has 0 atom stereocenters. The number of piperazine rings is 1. The van der Waals surface area contributed by atoms with E-state index in [-0.39, 0.29) is 54.8 Å². The summed E-state index contributed by atoms with van der Waals surface area (Å²) in [5.74, 6) is 0.359. The van der Waals surface area contributed by atoms with Crippen LogP contribution in [-0.2, 0) is 24.8 Å². The lowest BCUT2D eigenvalue weighted by molar-refractivity contribution is -0.132. The number of ether oxygens (including phenoxy) is 1. The molecular formula is C20H26N4O6S2. The summed E-state index contributed by atoms with van der Waals surface area (Å²) in [6.45, 7) is 3.11. The van der Waals surface area contributed by atoms with Crippen molar-refractivity contribution in [3.8, 4) is 5.75 Å². The number of nitrogens with zero attached hydrogens (tertiary/aromatic N) is 3. The predicted octanol–water partition coefficient (Wildman–Crippen LogP) is 0.682. The van der Waals surface area contributed by atoms with E-state index in [9.17, 15) is 21.6 Å². The van der Waals surface area contributed by atoms with Crippen molar-refractivity contribution in [1.29, 1.82) is 0 Å². The predicted molar refractivity (Wildman–Crippen MR) is 117 cm³/mol. The van der Waals surface area contributed by atoms with Gasteiger partial charge in [0.2, 0.25) is 26.0 Å². The van der Waals surface area contributed by atoms with Gasteiger partial charge in [-0.05, 0) is 43.3 Å². The van der Waals surface area contributed by atoms with E-state index in [0.717, 1.165) is 0 Å². The van der Waals surface area contributed by atoms with E-state index in [1.165, 1.54) is 41.0 Å². The van der Waals surface area contributed by atoms with Crippen LogP contribution in [0.15, 0.2) is 58.6 Å². The standard InChI is InChI=1S/C20H26N4O6S2/c1-2-30-17-5-7-18(8-6-17)32(28,29)24-14-12-23(13-15-24)20(25)9-11-22-31(26,27)19-4-3-10-21-16-19/h3-8,10,16,22H,2,9,11-15H2,1H3. The highest BCUT2D eigenvalue weighted by molar-refractivity contribution is 7.89. The van der Waals surface area contributed by atoms with Crippen molar-refractivity contribution in [3.05, 3.63) is 48.8 Å². The van der Waals surface area contributed by atoms with E-state index in [4.69, 9.17) is 4.74 Å². The molecule has 1 aromatic carbocycles. The Morgan fingerprint density at radius 1 is 1.03 bits per heavy atom. The smallest absolute Gasteiger partial charge is 0.243 e. The number of nitrogens with one attached hydrogen (secondary N) is 1. The first kappa shape index (κ1) is 24.1. The molecule has 3 rings (SSSR count). The molecule has 0 unspecified atom stereocenters. The fraction of sp³-hybridized carbons (Fsp3) is 0.400. The van der Waals surface area contributed by atoms with Crippen molar-refractivity contribution >= 4 is 26.0 Å². The number of aromatic nitrogens is 1. The second-order valence-electron chi connectivity index (χ2n) is 7.03. The van der Waals surface area contributed by atoms with Gasteiger partial charge in [-0.3, -0.25) is 9.78 Å². The van der Waals surface area contributed by atoms with E-state index in [1.807, 2.05) is 6.92 Å². The Labute approximate surface area is 188 Å². The van der Waals surface area contributed by atoms with E-state index in [0.29, 0.717) is 12.4 Å². The van der Waals surface area contributed by atoms with Crippen LogP contribution < -0.4 is 9.46 Å². The fourth-order valence-corrected chi connectivity index (χ4v) is 5.66. The van der Waals surface area contributed by atoms with Crippen LogP contribution in [0.4, 0.5) is 0 Å². The third kappa shape index (κ3) is 5.82. The van der Waals surface area contributed by atoms with E-state index >= 15 is 0 Å². The highest BCUT2D eigenvalue weighted by Gasteiger charge is 2.30. The Balaban J connectivity index is 1.50. The highest BCUT2D eigenvalue weighted by Crippen LogP contribution is 2.21. The molecule has 0 saturated carbocycles. The van der Waals surface area contributed by atoms with Gasteiger partial charge in [-0.25, -0.2) is 21.6 Å². The third-order valence-electron chi connectivity index (χ3n) is 4.94. The minimum Gasteiger partial charge on any atom is -0.494 e. The van der Waals surface area contributed by atoms with Crippen LogP contribution in [0.1, 0.15) is 13.3 Å². The molecule has 0 aliphatic carbocycles. The third-order valence-corrected chi connectivity index (χ3v) is 8.30. The van der Waals surface area contributed by atoms with Crippen molar-refractivity contribution in [2.75, 3.05) is 39.3 Å². The molecule has 1 aromatic heterocycles. The van der Waals surface area contributed by atoms with Crippen LogP contribution in [0.25, 0.3) is 0 Å². The van der Waals surface area contributed by atoms with Crippen molar-refractivity contribution in [3.63, 3.8) is 0 Å². The number of carbonyl (C=O) groups excluding carboxylic acids is 1. The van der Waals surface area contributed by atoms with Gasteiger partial charge in [-0.15, -0.1) is 0 Å². The number of amides is 1. The zero-order valence-corrected chi connectivity index (χ0v) is 19.3. The van der Waals surface area contributed by atoms with Crippen LogP contribution in [-0.4, -0.2) is 76.3 Å². The molecule has 174 valence electrons. The van der Waals surface area contributed by atoms with Gasteiger partial charge in [-0.2, -0.15) is 4.31 Å². The summed E-state index contributed by atoms with van der Waals surface area (Å²) < 4.78 is 59.1. The number of hydrogen-bond acceptors (Lipinski definition) is 7. The molecule has 1 aliphatic heterocycles. The lowest BCUT2D eigenvalue weighted by Crippen LogP contribution is -2.50. The largest absolute Gasteiger partial charge is 0.494 e. The summed E-state index contributed by atoms with van der Waals surface area (Å²) in [6, 6.07) is 9.17. The zero-order valence-electron chi connectivity index (χ0n) is 17.7. The first-order chi connectivity index (χ1) is 15.2. The Morgan fingerprint density at radius 3 is 2.31 bits per heavy atom.